The van der Waals surface area contributed by atoms with Gasteiger partial charge in [0.15, 0.2) is 0 Å². The van der Waals surface area contributed by atoms with Crippen molar-refractivity contribution in [2.45, 2.75) is 19.6 Å². The van der Waals surface area contributed by atoms with Crippen molar-refractivity contribution in [2.24, 2.45) is 0 Å². The Morgan fingerprint density at radius 3 is 2.61 bits per heavy atom. The Hall–Kier alpha value is -1.17. The van der Waals surface area contributed by atoms with Gasteiger partial charge in [0.1, 0.15) is 0 Å². The summed E-state index contributed by atoms with van der Waals surface area (Å²) in [6.07, 6.45) is 4.72. The fraction of sp³-hybridized carbons (Fsp3) is 0.385. The predicted octanol–water partition coefficient (Wildman–Crippen LogP) is 1.70. The van der Waals surface area contributed by atoms with Crippen LogP contribution in [0, 0.1) is 0 Å². The zero-order valence-corrected chi connectivity index (χ0v) is 11.5. The third-order valence-electron chi connectivity index (χ3n) is 2.15. The Kier molecular flexibility index (Phi) is 6.04. The van der Waals surface area contributed by atoms with Gasteiger partial charge in [-0.25, -0.2) is 13.1 Å². The molecule has 0 aliphatic rings. The molecule has 1 aromatic rings. The molecule has 0 heterocycles. The van der Waals surface area contributed by atoms with Crippen LogP contribution in [0.4, 0.5) is 0 Å². The molecule has 0 aliphatic heterocycles. The smallest absolute Gasteiger partial charge is 0.209 e. The van der Waals surface area contributed by atoms with E-state index in [0.29, 0.717) is 13.2 Å². The van der Waals surface area contributed by atoms with Crippen LogP contribution in [0.25, 0.3) is 0 Å². The van der Waals surface area contributed by atoms with E-state index in [1.807, 2.05) is 36.4 Å². The molecule has 1 rings (SSSR count). The van der Waals surface area contributed by atoms with Gasteiger partial charge in [-0.15, -0.1) is 0 Å². The van der Waals surface area contributed by atoms with Gasteiger partial charge in [-0.05, 0) is 12.5 Å². The van der Waals surface area contributed by atoms with Crippen LogP contribution in [0.1, 0.15) is 12.5 Å². The highest BCUT2D eigenvalue weighted by Crippen LogP contribution is 2.00. The number of sulfonamides is 1. The fourth-order valence-corrected chi connectivity index (χ4v) is 2.21. The molecule has 0 saturated carbocycles. The van der Waals surface area contributed by atoms with Crippen molar-refractivity contribution in [3.8, 4) is 0 Å². The molecule has 0 saturated heterocycles. The standard InChI is InChI=1S/C13H19NO3S/c1-12(14-18(2,15)16)7-6-10-17-11-13-8-4-3-5-9-13/h3-9,12,14H,10-11H2,1-2H3/t12-/m1/s1. The van der Waals surface area contributed by atoms with Crippen LogP contribution in [0.2, 0.25) is 0 Å². The first-order valence-corrected chi connectivity index (χ1v) is 7.62. The summed E-state index contributed by atoms with van der Waals surface area (Å²) in [7, 11) is -3.15. The zero-order valence-electron chi connectivity index (χ0n) is 10.7. The molecule has 0 unspecified atom stereocenters. The third-order valence-corrected chi connectivity index (χ3v) is 2.95. The first-order valence-electron chi connectivity index (χ1n) is 5.73. The van der Waals surface area contributed by atoms with Crippen LogP contribution < -0.4 is 4.72 Å². The van der Waals surface area contributed by atoms with Crippen LogP contribution in [0.15, 0.2) is 42.5 Å². The minimum atomic E-state index is -3.15. The molecule has 1 aromatic carbocycles. The van der Waals surface area contributed by atoms with E-state index in [9.17, 15) is 8.42 Å². The minimum Gasteiger partial charge on any atom is -0.373 e. The quantitative estimate of drug-likeness (QED) is 0.605. The molecule has 5 heteroatoms. The molecule has 0 spiro atoms. The van der Waals surface area contributed by atoms with E-state index in [1.54, 1.807) is 13.0 Å². The number of rotatable bonds is 7. The maximum absolute atomic E-state index is 10.9. The highest BCUT2D eigenvalue weighted by atomic mass is 32.2. The van der Waals surface area contributed by atoms with Gasteiger partial charge < -0.3 is 4.74 Å². The number of benzene rings is 1. The zero-order chi connectivity index (χ0) is 13.4. The molecular weight excluding hydrogens is 250 g/mol. The summed E-state index contributed by atoms with van der Waals surface area (Å²) < 4.78 is 29.8. The second kappa shape index (κ2) is 7.31. The molecule has 0 aromatic heterocycles. The van der Waals surface area contributed by atoms with E-state index >= 15 is 0 Å². The summed E-state index contributed by atoms with van der Waals surface area (Å²) in [5, 5.41) is 0. The van der Waals surface area contributed by atoms with E-state index in [2.05, 4.69) is 4.72 Å². The number of hydrogen-bond donors (Lipinski definition) is 1. The lowest BCUT2D eigenvalue weighted by Gasteiger charge is -2.06. The SMILES string of the molecule is C[C@H](C=CCOCc1ccccc1)NS(C)(=O)=O. The van der Waals surface area contributed by atoms with E-state index < -0.39 is 10.0 Å². The van der Waals surface area contributed by atoms with Gasteiger partial charge >= 0.3 is 0 Å². The highest BCUT2D eigenvalue weighted by Gasteiger charge is 2.03. The molecule has 0 amide bonds. The van der Waals surface area contributed by atoms with E-state index in [1.165, 1.54) is 0 Å². The van der Waals surface area contributed by atoms with Crippen LogP contribution in [-0.2, 0) is 21.4 Å². The second-order valence-corrected chi connectivity index (χ2v) is 5.89. The van der Waals surface area contributed by atoms with Gasteiger partial charge in [-0.3, -0.25) is 0 Å². The summed E-state index contributed by atoms with van der Waals surface area (Å²) >= 11 is 0. The van der Waals surface area contributed by atoms with Crippen molar-refractivity contribution >= 4 is 10.0 Å². The third kappa shape index (κ3) is 7.21. The summed E-state index contributed by atoms with van der Waals surface area (Å²) in [5.41, 5.74) is 1.12. The van der Waals surface area contributed by atoms with Crippen molar-refractivity contribution in [1.82, 2.24) is 4.72 Å². The average Bonchev–Trinajstić information content (AvgIpc) is 2.27. The minimum absolute atomic E-state index is 0.222. The monoisotopic (exact) mass is 269 g/mol. The molecule has 0 fully saturated rings. The Labute approximate surface area is 109 Å². The molecule has 1 N–H and O–H groups in total. The largest absolute Gasteiger partial charge is 0.373 e. The second-order valence-electron chi connectivity index (χ2n) is 4.11. The lowest BCUT2D eigenvalue weighted by atomic mass is 10.2. The van der Waals surface area contributed by atoms with Gasteiger partial charge in [0.2, 0.25) is 10.0 Å². The number of ether oxygens (including phenoxy) is 1. The fourth-order valence-electron chi connectivity index (χ4n) is 1.46. The lowest BCUT2D eigenvalue weighted by molar-refractivity contribution is 0.148. The molecular formula is C13H19NO3S. The molecule has 100 valence electrons. The Balaban J connectivity index is 2.22. The first kappa shape index (κ1) is 14.9. The van der Waals surface area contributed by atoms with Gasteiger partial charge in [-0.1, -0.05) is 42.5 Å². The summed E-state index contributed by atoms with van der Waals surface area (Å²) in [6.45, 7) is 2.79. The van der Waals surface area contributed by atoms with Crippen LogP contribution >= 0.6 is 0 Å². The topological polar surface area (TPSA) is 55.4 Å². The van der Waals surface area contributed by atoms with Crippen LogP contribution in [-0.4, -0.2) is 27.3 Å². The van der Waals surface area contributed by atoms with Gasteiger partial charge in [0.05, 0.1) is 19.5 Å². The molecule has 0 bridgehead atoms. The average molecular weight is 269 g/mol. The molecule has 18 heavy (non-hydrogen) atoms. The van der Waals surface area contributed by atoms with Gasteiger partial charge in [0, 0.05) is 6.04 Å². The van der Waals surface area contributed by atoms with Crippen molar-refractivity contribution in [3.05, 3.63) is 48.0 Å². The Bertz CT molecular complexity index is 468. The maximum Gasteiger partial charge on any atom is 0.209 e. The van der Waals surface area contributed by atoms with Crippen LogP contribution in [0.5, 0.6) is 0 Å². The van der Waals surface area contributed by atoms with Crippen molar-refractivity contribution in [3.63, 3.8) is 0 Å². The maximum atomic E-state index is 10.9. The van der Waals surface area contributed by atoms with E-state index in [0.717, 1.165) is 11.8 Å². The molecule has 0 radical (unpaired) electrons. The lowest BCUT2D eigenvalue weighted by Crippen LogP contribution is -2.29. The molecule has 4 nitrogen and oxygen atoms in total. The molecule has 0 aliphatic carbocycles. The Morgan fingerprint density at radius 1 is 1.33 bits per heavy atom. The number of hydrogen-bond acceptors (Lipinski definition) is 3. The van der Waals surface area contributed by atoms with Gasteiger partial charge in [-0.2, -0.15) is 0 Å². The van der Waals surface area contributed by atoms with E-state index in [-0.39, 0.29) is 6.04 Å². The predicted molar refractivity (Wildman–Crippen MR) is 72.7 cm³/mol. The highest BCUT2D eigenvalue weighted by molar-refractivity contribution is 7.88. The summed E-state index contributed by atoms with van der Waals surface area (Å²) in [5.74, 6) is 0. The Morgan fingerprint density at radius 2 is 2.00 bits per heavy atom. The van der Waals surface area contributed by atoms with Crippen LogP contribution in [0.3, 0.4) is 0 Å². The number of nitrogens with one attached hydrogen (secondary N) is 1. The molecule has 1 atom stereocenters. The summed E-state index contributed by atoms with van der Waals surface area (Å²) in [6, 6.07) is 9.66. The van der Waals surface area contributed by atoms with Crippen molar-refractivity contribution in [2.75, 3.05) is 12.9 Å². The normalized spacial score (nSPS) is 13.9. The summed E-state index contributed by atoms with van der Waals surface area (Å²) in [4.78, 5) is 0. The van der Waals surface area contributed by atoms with Gasteiger partial charge in [0.25, 0.3) is 0 Å². The first-order chi connectivity index (χ1) is 8.47. The van der Waals surface area contributed by atoms with Crippen molar-refractivity contribution < 1.29 is 13.2 Å². The van der Waals surface area contributed by atoms with E-state index in [4.69, 9.17) is 4.74 Å². The van der Waals surface area contributed by atoms with Crippen molar-refractivity contribution in [1.29, 1.82) is 0 Å².